The Morgan fingerprint density at radius 2 is 2.06 bits per heavy atom. The van der Waals surface area contributed by atoms with Crippen LogP contribution in [-0.4, -0.2) is 25.2 Å². The first kappa shape index (κ1) is 12.1. The van der Waals surface area contributed by atoms with Gasteiger partial charge in [-0.3, -0.25) is 0 Å². The minimum Gasteiger partial charge on any atom is -0.495 e. The van der Waals surface area contributed by atoms with Gasteiger partial charge in [0.15, 0.2) is 0 Å². The maximum atomic E-state index is 5.42. The van der Waals surface area contributed by atoms with Crippen LogP contribution in [0.5, 0.6) is 5.75 Å². The number of benzene rings is 1. The van der Waals surface area contributed by atoms with Crippen molar-refractivity contribution in [2.45, 2.75) is 39.3 Å². The van der Waals surface area contributed by atoms with E-state index in [2.05, 4.69) is 50.0 Å². The predicted octanol–water partition coefficient (Wildman–Crippen LogP) is 3.11. The van der Waals surface area contributed by atoms with Crippen molar-refractivity contribution in [2.75, 3.05) is 23.9 Å². The fourth-order valence-electron chi connectivity index (χ4n) is 2.76. The Balaban J connectivity index is 2.54. The maximum Gasteiger partial charge on any atom is 0.144 e. The third kappa shape index (κ3) is 1.94. The molecule has 0 amide bonds. The zero-order valence-corrected chi connectivity index (χ0v) is 11.4. The summed E-state index contributed by atoms with van der Waals surface area (Å²) in [4.78, 5) is 2.46. The number of methoxy groups -OCH3 is 1. The number of ether oxygens (including phenoxy) is 1. The second-order valence-electron chi connectivity index (χ2n) is 5.48. The molecule has 1 N–H and O–H groups in total. The van der Waals surface area contributed by atoms with Gasteiger partial charge in [-0.25, -0.2) is 0 Å². The Kier molecular flexibility index (Phi) is 2.94. The zero-order valence-electron chi connectivity index (χ0n) is 11.4. The van der Waals surface area contributed by atoms with E-state index in [-0.39, 0.29) is 5.54 Å². The zero-order chi connectivity index (χ0) is 12.6. The van der Waals surface area contributed by atoms with Crippen molar-refractivity contribution in [3.05, 3.63) is 18.2 Å². The number of nitrogens with zero attached hydrogens (tertiary/aromatic N) is 1. The van der Waals surface area contributed by atoms with Gasteiger partial charge in [0.1, 0.15) is 11.4 Å². The third-order valence-electron chi connectivity index (χ3n) is 3.35. The van der Waals surface area contributed by atoms with Crippen LogP contribution < -0.4 is 15.0 Å². The van der Waals surface area contributed by atoms with Gasteiger partial charge in [-0.2, -0.15) is 0 Å². The van der Waals surface area contributed by atoms with Crippen LogP contribution in [0.4, 0.5) is 11.4 Å². The van der Waals surface area contributed by atoms with E-state index in [1.165, 1.54) is 5.69 Å². The fourth-order valence-corrected chi connectivity index (χ4v) is 2.76. The van der Waals surface area contributed by atoms with E-state index < -0.39 is 0 Å². The van der Waals surface area contributed by atoms with Crippen molar-refractivity contribution < 1.29 is 4.74 Å². The smallest absolute Gasteiger partial charge is 0.144 e. The summed E-state index contributed by atoms with van der Waals surface area (Å²) in [6.07, 6.45) is 0. The van der Waals surface area contributed by atoms with Crippen LogP contribution in [0.1, 0.15) is 27.7 Å². The monoisotopic (exact) mass is 234 g/mol. The van der Waals surface area contributed by atoms with Gasteiger partial charge in [-0.05, 0) is 39.8 Å². The lowest BCUT2D eigenvalue weighted by atomic mass is 9.95. The van der Waals surface area contributed by atoms with Gasteiger partial charge in [0.25, 0.3) is 0 Å². The first-order chi connectivity index (χ1) is 7.97. The average molecular weight is 234 g/mol. The summed E-state index contributed by atoms with van der Waals surface area (Å²) in [7, 11) is 1.72. The van der Waals surface area contributed by atoms with Crippen LogP contribution in [-0.2, 0) is 0 Å². The largest absolute Gasteiger partial charge is 0.495 e. The molecule has 1 aliphatic heterocycles. The van der Waals surface area contributed by atoms with Crippen molar-refractivity contribution in [3.8, 4) is 5.75 Å². The number of rotatable bonds is 2. The number of fused-ring (bicyclic) bond motifs is 1. The van der Waals surface area contributed by atoms with E-state index in [9.17, 15) is 0 Å². The molecular formula is C14H22N2O. The second-order valence-corrected chi connectivity index (χ2v) is 5.48. The normalized spacial score (nSPS) is 17.6. The molecule has 0 saturated heterocycles. The molecule has 0 unspecified atom stereocenters. The lowest BCUT2D eigenvalue weighted by Gasteiger charge is -2.48. The molecule has 0 radical (unpaired) electrons. The van der Waals surface area contributed by atoms with Crippen LogP contribution in [0.25, 0.3) is 0 Å². The van der Waals surface area contributed by atoms with Gasteiger partial charge < -0.3 is 15.0 Å². The van der Waals surface area contributed by atoms with Gasteiger partial charge in [0.05, 0.1) is 18.3 Å². The van der Waals surface area contributed by atoms with E-state index in [4.69, 9.17) is 4.74 Å². The molecule has 0 bridgehead atoms. The van der Waals surface area contributed by atoms with Gasteiger partial charge >= 0.3 is 0 Å². The fraction of sp³-hybridized carbons (Fsp3) is 0.571. The molecule has 1 heterocycles. The van der Waals surface area contributed by atoms with Crippen molar-refractivity contribution in [1.29, 1.82) is 0 Å². The molecule has 0 spiro atoms. The molecule has 3 nitrogen and oxygen atoms in total. The highest BCUT2D eigenvalue weighted by Crippen LogP contribution is 2.42. The Hall–Kier alpha value is -1.38. The number of hydrogen-bond donors (Lipinski definition) is 1. The van der Waals surface area contributed by atoms with Gasteiger partial charge in [-0.15, -0.1) is 0 Å². The lowest BCUT2D eigenvalue weighted by Crippen LogP contribution is -2.55. The minimum absolute atomic E-state index is 0.119. The highest BCUT2D eigenvalue weighted by Gasteiger charge is 2.35. The summed E-state index contributed by atoms with van der Waals surface area (Å²) in [5.74, 6) is 0.920. The molecule has 0 atom stereocenters. The highest BCUT2D eigenvalue weighted by molar-refractivity contribution is 5.79. The molecule has 2 rings (SSSR count). The summed E-state index contributed by atoms with van der Waals surface area (Å²) in [6.45, 7) is 9.93. The molecule has 0 aromatic heterocycles. The molecule has 94 valence electrons. The molecule has 0 aliphatic carbocycles. The summed E-state index contributed by atoms with van der Waals surface area (Å²) in [5, 5.41) is 3.49. The molecule has 17 heavy (non-hydrogen) atoms. The van der Waals surface area contributed by atoms with Crippen LogP contribution in [0, 0.1) is 0 Å². The lowest BCUT2D eigenvalue weighted by molar-refractivity contribution is 0.407. The molecule has 3 heteroatoms. The molecule has 0 fully saturated rings. The van der Waals surface area contributed by atoms with Gasteiger partial charge in [0, 0.05) is 12.6 Å². The van der Waals surface area contributed by atoms with E-state index >= 15 is 0 Å². The van der Waals surface area contributed by atoms with Gasteiger partial charge in [-0.1, -0.05) is 6.07 Å². The van der Waals surface area contributed by atoms with Crippen molar-refractivity contribution in [2.24, 2.45) is 0 Å². The summed E-state index contributed by atoms with van der Waals surface area (Å²) >= 11 is 0. The Bertz CT molecular complexity index is 413. The molecule has 0 saturated carbocycles. The van der Waals surface area contributed by atoms with E-state index in [1.807, 2.05) is 6.07 Å². The summed E-state index contributed by atoms with van der Waals surface area (Å²) in [6, 6.07) is 6.68. The minimum atomic E-state index is 0.119. The molecule has 1 aromatic carbocycles. The van der Waals surface area contributed by atoms with E-state index in [1.54, 1.807) is 7.11 Å². The van der Waals surface area contributed by atoms with Crippen molar-refractivity contribution >= 4 is 11.4 Å². The Labute approximate surface area is 104 Å². The molecule has 1 aliphatic rings. The van der Waals surface area contributed by atoms with Crippen LogP contribution in [0.3, 0.4) is 0 Å². The number of para-hydroxylation sites is 1. The number of anilines is 2. The molecule has 1 aromatic rings. The van der Waals surface area contributed by atoms with Crippen molar-refractivity contribution in [3.63, 3.8) is 0 Å². The predicted molar refractivity (Wildman–Crippen MR) is 73.2 cm³/mol. The van der Waals surface area contributed by atoms with Crippen LogP contribution in [0.15, 0.2) is 18.2 Å². The third-order valence-corrected chi connectivity index (χ3v) is 3.35. The van der Waals surface area contributed by atoms with E-state index in [0.29, 0.717) is 6.04 Å². The highest BCUT2D eigenvalue weighted by atomic mass is 16.5. The average Bonchev–Trinajstić information content (AvgIpc) is 2.26. The second kappa shape index (κ2) is 4.13. The number of hydrogen-bond acceptors (Lipinski definition) is 3. The quantitative estimate of drug-likeness (QED) is 0.851. The topological polar surface area (TPSA) is 24.5 Å². The Morgan fingerprint density at radius 3 is 2.65 bits per heavy atom. The van der Waals surface area contributed by atoms with Crippen molar-refractivity contribution in [1.82, 2.24) is 0 Å². The van der Waals surface area contributed by atoms with Crippen LogP contribution in [0.2, 0.25) is 0 Å². The summed E-state index contributed by atoms with van der Waals surface area (Å²) in [5.41, 5.74) is 2.46. The Morgan fingerprint density at radius 1 is 1.35 bits per heavy atom. The number of nitrogens with one attached hydrogen (secondary N) is 1. The summed E-state index contributed by atoms with van der Waals surface area (Å²) < 4.78 is 5.42. The maximum absolute atomic E-state index is 5.42. The first-order valence-corrected chi connectivity index (χ1v) is 6.17. The van der Waals surface area contributed by atoms with Gasteiger partial charge in [0.2, 0.25) is 0 Å². The standard InChI is InChI=1S/C14H22N2O/c1-10(2)16-11-7-6-8-12(17-5)13(11)15-9-14(16,3)4/h6-8,10,15H,9H2,1-5H3. The SMILES string of the molecule is COc1cccc2c1NCC(C)(C)N2C(C)C. The molecular weight excluding hydrogens is 212 g/mol. The van der Waals surface area contributed by atoms with Crippen LogP contribution >= 0.6 is 0 Å². The first-order valence-electron chi connectivity index (χ1n) is 6.17. The van der Waals surface area contributed by atoms with E-state index in [0.717, 1.165) is 18.0 Å².